The molecule has 2 aliphatic heterocycles. The molecule has 1 aromatic heterocycles. The van der Waals surface area contributed by atoms with Crippen LogP contribution in [0.2, 0.25) is 0 Å². The summed E-state index contributed by atoms with van der Waals surface area (Å²) in [5.41, 5.74) is 3.16. The van der Waals surface area contributed by atoms with Crippen LogP contribution in [0, 0.1) is 12.3 Å². The van der Waals surface area contributed by atoms with Crippen molar-refractivity contribution >= 4 is 16.9 Å². The molecule has 2 aromatic carbocycles. The molecule has 3 heterocycles. The highest BCUT2D eigenvalue weighted by Gasteiger charge is 2.71. The number of ether oxygens (including phenoxy) is 3. The second-order valence-electron chi connectivity index (χ2n) is 10.8. The van der Waals surface area contributed by atoms with E-state index in [9.17, 15) is 18.7 Å². The number of aromatic carboxylic acids is 1. The average molecular weight is 527 g/mol. The summed E-state index contributed by atoms with van der Waals surface area (Å²) in [4.78, 5) is 16.9. The molecule has 1 saturated carbocycles. The number of carboxylic acid groups (broad SMARTS) is 1. The summed E-state index contributed by atoms with van der Waals surface area (Å²) in [6.07, 6.45) is 2.72. The van der Waals surface area contributed by atoms with Crippen LogP contribution in [0.15, 0.2) is 42.6 Å². The van der Waals surface area contributed by atoms with Crippen LogP contribution in [0.1, 0.15) is 52.4 Å². The number of aromatic nitrogens is 1. The highest BCUT2D eigenvalue weighted by Crippen LogP contribution is 2.68. The summed E-state index contributed by atoms with van der Waals surface area (Å²) in [6.45, 7) is 5.16. The number of aryl methyl sites for hydroxylation is 1. The second kappa shape index (κ2) is 9.63. The van der Waals surface area contributed by atoms with E-state index in [4.69, 9.17) is 14.2 Å². The van der Waals surface area contributed by atoms with Gasteiger partial charge in [0.15, 0.2) is 0 Å². The normalized spacial score (nSPS) is 25.0. The Kier molecular flexibility index (Phi) is 6.40. The highest BCUT2D eigenvalue weighted by molar-refractivity contribution is 5.88. The quantitative estimate of drug-likeness (QED) is 0.367. The lowest BCUT2D eigenvalue weighted by Crippen LogP contribution is -2.39. The number of fused-ring (bicyclic) bond motifs is 1. The molecular formula is C29H32F2N2O5. The first-order chi connectivity index (χ1) is 18.3. The molecule has 3 fully saturated rings. The highest BCUT2D eigenvalue weighted by atomic mass is 19.3. The van der Waals surface area contributed by atoms with Crippen molar-refractivity contribution in [1.29, 1.82) is 0 Å². The molecule has 2 atom stereocenters. The van der Waals surface area contributed by atoms with Gasteiger partial charge < -0.3 is 24.3 Å². The zero-order chi connectivity index (χ0) is 26.5. The molecule has 6 rings (SSSR count). The molecule has 38 heavy (non-hydrogen) atoms. The molecule has 3 aromatic rings. The Balaban J connectivity index is 1.29. The predicted molar refractivity (Wildman–Crippen MR) is 137 cm³/mol. The number of hydrogen-bond donors (Lipinski definition) is 2. The number of nitrogens with one attached hydrogen (secondary N) is 1. The van der Waals surface area contributed by atoms with Crippen LogP contribution in [0.25, 0.3) is 10.9 Å². The number of benzene rings is 2. The van der Waals surface area contributed by atoms with E-state index in [-0.39, 0.29) is 24.1 Å². The van der Waals surface area contributed by atoms with Crippen LogP contribution >= 0.6 is 0 Å². The molecule has 202 valence electrons. The third-order valence-corrected chi connectivity index (χ3v) is 8.43. The fourth-order valence-electron chi connectivity index (χ4n) is 5.96. The summed E-state index contributed by atoms with van der Waals surface area (Å²) in [5, 5.41) is 10.4. The summed E-state index contributed by atoms with van der Waals surface area (Å²) in [5.74, 6) is -2.89. The zero-order valence-electron chi connectivity index (χ0n) is 21.3. The van der Waals surface area contributed by atoms with Crippen molar-refractivity contribution in [2.45, 2.75) is 50.8 Å². The van der Waals surface area contributed by atoms with Crippen molar-refractivity contribution in [2.75, 3.05) is 33.0 Å². The lowest BCUT2D eigenvalue weighted by molar-refractivity contribution is -0.132. The fourth-order valence-corrected chi connectivity index (χ4v) is 5.96. The van der Waals surface area contributed by atoms with E-state index in [1.165, 1.54) is 0 Å². The van der Waals surface area contributed by atoms with Gasteiger partial charge in [-0.25, -0.2) is 13.6 Å². The van der Waals surface area contributed by atoms with E-state index in [2.05, 4.69) is 9.88 Å². The number of likely N-dealkylation sites (tertiary alicyclic amines) is 1. The Labute approximate surface area is 219 Å². The average Bonchev–Trinajstić information content (AvgIpc) is 3.18. The zero-order valence-corrected chi connectivity index (χ0v) is 21.3. The number of nitrogens with zero attached hydrogens (tertiary/aromatic N) is 1. The molecule has 9 heteroatoms. The van der Waals surface area contributed by atoms with Crippen LogP contribution in [-0.4, -0.2) is 66.0 Å². The Morgan fingerprint density at radius 1 is 1.21 bits per heavy atom. The van der Waals surface area contributed by atoms with Gasteiger partial charge in [-0.05, 0) is 61.7 Å². The smallest absolute Gasteiger partial charge is 0.335 e. The van der Waals surface area contributed by atoms with Gasteiger partial charge in [0.1, 0.15) is 18.5 Å². The van der Waals surface area contributed by atoms with E-state index in [1.807, 2.05) is 25.3 Å². The molecule has 0 amide bonds. The maximum atomic E-state index is 14.5. The molecule has 1 spiro atoms. The van der Waals surface area contributed by atoms with E-state index < -0.39 is 17.3 Å². The van der Waals surface area contributed by atoms with Gasteiger partial charge in [0.2, 0.25) is 0 Å². The van der Waals surface area contributed by atoms with Crippen LogP contribution in [0.3, 0.4) is 0 Å². The van der Waals surface area contributed by atoms with E-state index in [1.54, 1.807) is 24.3 Å². The number of alkyl halides is 2. The maximum absolute atomic E-state index is 14.5. The third kappa shape index (κ3) is 4.57. The van der Waals surface area contributed by atoms with Crippen molar-refractivity contribution in [3.05, 3.63) is 64.8 Å². The van der Waals surface area contributed by atoms with Gasteiger partial charge in [-0.15, -0.1) is 0 Å². The van der Waals surface area contributed by atoms with Crippen molar-refractivity contribution in [3.63, 3.8) is 0 Å². The molecule has 1 aliphatic carbocycles. The first-order valence-electron chi connectivity index (χ1n) is 13.1. The number of hydrogen-bond acceptors (Lipinski definition) is 5. The van der Waals surface area contributed by atoms with Gasteiger partial charge in [-0.3, -0.25) is 4.90 Å². The lowest BCUT2D eigenvalue weighted by Gasteiger charge is -2.40. The first kappa shape index (κ1) is 25.3. The number of carboxylic acids is 1. The molecule has 0 bridgehead atoms. The van der Waals surface area contributed by atoms with Crippen molar-refractivity contribution < 1.29 is 32.9 Å². The van der Waals surface area contributed by atoms with Crippen molar-refractivity contribution in [2.24, 2.45) is 5.41 Å². The lowest BCUT2D eigenvalue weighted by atomic mass is 9.83. The minimum Gasteiger partial charge on any atom is -0.491 e. The molecular weight excluding hydrogens is 494 g/mol. The van der Waals surface area contributed by atoms with Gasteiger partial charge in [-0.2, -0.15) is 0 Å². The molecule has 2 saturated heterocycles. The Hall–Kier alpha value is -3.01. The van der Waals surface area contributed by atoms with Crippen LogP contribution in [-0.2, 0) is 16.0 Å². The minimum absolute atomic E-state index is 0.0788. The van der Waals surface area contributed by atoms with Crippen molar-refractivity contribution in [3.8, 4) is 5.75 Å². The number of carbonyl (C=O) groups is 1. The van der Waals surface area contributed by atoms with E-state index >= 15 is 0 Å². The number of H-pyrrole nitrogens is 1. The standard InChI is InChI=1S/C29H32F2N2O5/c1-18-12-25(38-11-10-37-21-15-36-16-21)23(22-6-8-32-26(18)22)14-33-9-7-28(17-29(28,30)31)13-24(33)19-2-4-20(5-3-19)27(34)35/h2-6,8,12,21,24,32H,7,9-11,13-17H2,1H3,(H,34,35)/t24-,28?/m0/s1. The fraction of sp³-hybridized carbons (Fsp3) is 0.483. The number of rotatable bonds is 9. The third-order valence-electron chi connectivity index (χ3n) is 8.43. The SMILES string of the molecule is Cc1cc(OCCOC2COC2)c(CN2CCC3(C[C@H]2c2ccc(C(=O)O)cc2)CC3(F)F)c2cc[nH]c12. The van der Waals surface area contributed by atoms with Crippen LogP contribution < -0.4 is 4.74 Å². The Morgan fingerprint density at radius 3 is 2.63 bits per heavy atom. The van der Waals surface area contributed by atoms with E-state index in [0.717, 1.165) is 33.3 Å². The topological polar surface area (TPSA) is 84.0 Å². The summed E-state index contributed by atoms with van der Waals surface area (Å²) >= 11 is 0. The number of halogens is 2. The van der Waals surface area contributed by atoms with Crippen LogP contribution in [0.4, 0.5) is 8.78 Å². The van der Waals surface area contributed by atoms with E-state index in [0.29, 0.717) is 52.4 Å². The largest absolute Gasteiger partial charge is 0.491 e. The maximum Gasteiger partial charge on any atom is 0.335 e. The monoisotopic (exact) mass is 526 g/mol. The molecule has 3 aliphatic rings. The molecule has 0 radical (unpaired) electrons. The minimum atomic E-state index is -2.64. The number of aromatic amines is 1. The van der Waals surface area contributed by atoms with Gasteiger partial charge in [0.05, 0.1) is 25.4 Å². The summed E-state index contributed by atoms with van der Waals surface area (Å²) < 4.78 is 46.1. The van der Waals surface area contributed by atoms with Gasteiger partial charge in [0.25, 0.3) is 5.92 Å². The Morgan fingerprint density at radius 2 is 1.97 bits per heavy atom. The van der Waals surface area contributed by atoms with Gasteiger partial charge in [-0.1, -0.05) is 12.1 Å². The molecule has 2 N–H and O–H groups in total. The summed E-state index contributed by atoms with van der Waals surface area (Å²) in [6, 6.07) is 10.4. The Bertz CT molecular complexity index is 1340. The summed E-state index contributed by atoms with van der Waals surface area (Å²) in [7, 11) is 0. The van der Waals surface area contributed by atoms with Gasteiger partial charge >= 0.3 is 5.97 Å². The second-order valence-corrected chi connectivity index (χ2v) is 10.8. The molecule has 7 nitrogen and oxygen atoms in total. The van der Waals surface area contributed by atoms with Crippen molar-refractivity contribution in [1.82, 2.24) is 9.88 Å². The predicted octanol–water partition coefficient (Wildman–Crippen LogP) is 5.33. The van der Waals surface area contributed by atoms with Gasteiger partial charge in [0, 0.05) is 47.1 Å². The van der Waals surface area contributed by atoms with Crippen LogP contribution in [0.5, 0.6) is 5.75 Å². The number of piperidine rings is 1. The molecule has 1 unspecified atom stereocenters. The first-order valence-corrected chi connectivity index (χ1v) is 13.1.